The molecule has 0 aromatic heterocycles. The van der Waals surface area contributed by atoms with Crippen LogP contribution in [0.2, 0.25) is 0 Å². The first-order chi connectivity index (χ1) is 10.3. The smallest absolute Gasteiger partial charge is 0.0346 e. The molecule has 1 aromatic rings. The van der Waals surface area contributed by atoms with E-state index in [9.17, 15) is 0 Å². The Kier molecular flexibility index (Phi) is 5.00. The van der Waals surface area contributed by atoms with E-state index in [4.69, 9.17) is 0 Å². The van der Waals surface area contributed by atoms with Crippen molar-refractivity contribution in [1.82, 2.24) is 5.32 Å². The molecule has 0 spiro atoms. The maximum atomic E-state index is 3.63. The lowest BCUT2D eigenvalue weighted by atomic mass is 9.74. The average Bonchev–Trinajstić information content (AvgIpc) is 2.47. The van der Waals surface area contributed by atoms with E-state index < -0.39 is 0 Å². The Morgan fingerprint density at radius 1 is 1.14 bits per heavy atom. The molecular weight excluding hydrogens is 254 g/mol. The highest BCUT2D eigenvalue weighted by Gasteiger charge is 2.28. The lowest BCUT2D eigenvalue weighted by Crippen LogP contribution is -2.29. The standard InChI is InChI=1S/C20H31N/c1-3-15-7-4-11-18(13-15)20(21-2)19-12-6-10-17(14-19)16-8-5-9-16/h6,10,12,14-16,18,20-21H,3-5,7-9,11,13H2,1-2H3. The van der Waals surface area contributed by atoms with Gasteiger partial charge in [-0.15, -0.1) is 0 Å². The Labute approximate surface area is 130 Å². The summed E-state index contributed by atoms with van der Waals surface area (Å²) < 4.78 is 0. The van der Waals surface area contributed by atoms with E-state index in [1.165, 1.54) is 56.9 Å². The summed E-state index contributed by atoms with van der Waals surface area (Å²) in [7, 11) is 2.15. The molecule has 0 radical (unpaired) electrons. The SMILES string of the molecule is CCC1CCCC(C(NC)c2cccc(C3CCC3)c2)C1. The minimum atomic E-state index is 0.555. The zero-order valence-corrected chi connectivity index (χ0v) is 13.8. The topological polar surface area (TPSA) is 12.0 Å². The molecule has 2 aliphatic carbocycles. The molecule has 2 aliphatic rings. The monoisotopic (exact) mass is 285 g/mol. The predicted octanol–water partition coefficient (Wildman–Crippen LogP) is 5.43. The van der Waals surface area contributed by atoms with E-state index in [2.05, 4.69) is 43.6 Å². The third-order valence-electron chi connectivity index (χ3n) is 6.03. The van der Waals surface area contributed by atoms with Crippen molar-refractivity contribution in [1.29, 1.82) is 0 Å². The van der Waals surface area contributed by atoms with Gasteiger partial charge in [0.15, 0.2) is 0 Å². The van der Waals surface area contributed by atoms with Crippen molar-refractivity contribution in [3.63, 3.8) is 0 Å². The van der Waals surface area contributed by atoms with Crippen LogP contribution in [0.25, 0.3) is 0 Å². The number of rotatable bonds is 5. The second-order valence-electron chi connectivity index (χ2n) is 7.27. The largest absolute Gasteiger partial charge is 0.313 e. The Bertz CT molecular complexity index is 449. The van der Waals surface area contributed by atoms with Gasteiger partial charge >= 0.3 is 0 Å². The molecule has 2 saturated carbocycles. The summed E-state index contributed by atoms with van der Waals surface area (Å²) in [6.07, 6.45) is 11.3. The molecule has 116 valence electrons. The molecule has 0 heterocycles. The summed E-state index contributed by atoms with van der Waals surface area (Å²) in [5, 5.41) is 3.63. The van der Waals surface area contributed by atoms with Gasteiger partial charge in [0.25, 0.3) is 0 Å². The molecule has 3 unspecified atom stereocenters. The molecule has 1 nitrogen and oxygen atoms in total. The minimum Gasteiger partial charge on any atom is -0.313 e. The molecular formula is C20H31N. The molecule has 3 rings (SSSR count). The lowest BCUT2D eigenvalue weighted by Gasteiger charge is -2.35. The molecule has 0 aliphatic heterocycles. The van der Waals surface area contributed by atoms with Crippen molar-refractivity contribution in [2.75, 3.05) is 7.05 Å². The summed E-state index contributed by atoms with van der Waals surface area (Å²) >= 11 is 0. The third-order valence-corrected chi connectivity index (χ3v) is 6.03. The lowest BCUT2D eigenvalue weighted by molar-refractivity contribution is 0.214. The highest BCUT2D eigenvalue weighted by Crippen LogP contribution is 2.40. The van der Waals surface area contributed by atoms with Crippen LogP contribution in [-0.2, 0) is 0 Å². The van der Waals surface area contributed by atoms with Gasteiger partial charge in [-0.25, -0.2) is 0 Å². The average molecular weight is 285 g/mol. The third kappa shape index (κ3) is 3.34. The quantitative estimate of drug-likeness (QED) is 0.760. The van der Waals surface area contributed by atoms with Crippen LogP contribution in [0.3, 0.4) is 0 Å². The molecule has 2 fully saturated rings. The van der Waals surface area contributed by atoms with Gasteiger partial charge < -0.3 is 5.32 Å². The van der Waals surface area contributed by atoms with Crippen LogP contribution in [0.5, 0.6) is 0 Å². The second-order valence-corrected chi connectivity index (χ2v) is 7.27. The van der Waals surface area contributed by atoms with Gasteiger partial charge in [-0.05, 0) is 61.6 Å². The van der Waals surface area contributed by atoms with Gasteiger partial charge in [-0.2, -0.15) is 0 Å². The van der Waals surface area contributed by atoms with E-state index in [-0.39, 0.29) is 0 Å². The summed E-state index contributed by atoms with van der Waals surface area (Å²) in [4.78, 5) is 0. The van der Waals surface area contributed by atoms with Gasteiger partial charge in [0.2, 0.25) is 0 Å². The molecule has 1 heteroatoms. The van der Waals surface area contributed by atoms with Crippen molar-refractivity contribution in [3.8, 4) is 0 Å². The number of nitrogens with one attached hydrogen (secondary N) is 1. The van der Waals surface area contributed by atoms with Gasteiger partial charge in [-0.1, -0.05) is 56.9 Å². The fraction of sp³-hybridized carbons (Fsp3) is 0.700. The number of hydrogen-bond donors (Lipinski definition) is 1. The second kappa shape index (κ2) is 6.96. The highest BCUT2D eigenvalue weighted by molar-refractivity contribution is 5.30. The Morgan fingerprint density at radius 2 is 1.95 bits per heavy atom. The van der Waals surface area contributed by atoms with Crippen molar-refractivity contribution >= 4 is 0 Å². The van der Waals surface area contributed by atoms with E-state index in [1.807, 2.05) is 0 Å². The summed E-state index contributed by atoms with van der Waals surface area (Å²) in [5.74, 6) is 2.62. The summed E-state index contributed by atoms with van der Waals surface area (Å²) in [6, 6.07) is 10.0. The van der Waals surface area contributed by atoms with Crippen LogP contribution in [-0.4, -0.2) is 7.05 Å². The molecule has 0 saturated heterocycles. The molecule has 1 N–H and O–H groups in total. The first-order valence-corrected chi connectivity index (χ1v) is 9.09. The van der Waals surface area contributed by atoms with Crippen molar-refractivity contribution in [3.05, 3.63) is 35.4 Å². The van der Waals surface area contributed by atoms with Gasteiger partial charge in [0.05, 0.1) is 0 Å². The Balaban J connectivity index is 1.75. The highest BCUT2D eigenvalue weighted by atomic mass is 14.9. The van der Waals surface area contributed by atoms with E-state index in [0.29, 0.717) is 6.04 Å². The van der Waals surface area contributed by atoms with E-state index >= 15 is 0 Å². The minimum absolute atomic E-state index is 0.555. The summed E-state index contributed by atoms with van der Waals surface area (Å²) in [6.45, 7) is 2.36. The molecule has 3 atom stereocenters. The first kappa shape index (κ1) is 15.1. The first-order valence-electron chi connectivity index (χ1n) is 9.09. The molecule has 0 bridgehead atoms. The fourth-order valence-electron chi connectivity index (χ4n) is 4.43. The maximum Gasteiger partial charge on any atom is 0.0346 e. The molecule has 1 aromatic carbocycles. The van der Waals surface area contributed by atoms with Crippen LogP contribution in [0.1, 0.15) is 81.4 Å². The van der Waals surface area contributed by atoms with Gasteiger partial charge in [0.1, 0.15) is 0 Å². The van der Waals surface area contributed by atoms with Crippen LogP contribution >= 0.6 is 0 Å². The Hall–Kier alpha value is -0.820. The van der Waals surface area contributed by atoms with Gasteiger partial charge in [0, 0.05) is 6.04 Å². The van der Waals surface area contributed by atoms with Crippen LogP contribution in [0.4, 0.5) is 0 Å². The molecule has 21 heavy (non-hydrogen) atoms. The van der Waals surface area contributed by atoms with Crippen molar-refractivity contribution in [2.45, 2.75) is 70.3 Å². The van der Waals surface area contributed by atoms with E-state index in [0.717, 1.165) is 17.8 Å². The number of hydrogen-bond acceptors (Lipinski definition) is 1. The zero-order valence-electron chi connectivity index (χ0n) is 13.8. The summed E-state index contributed by atoms with van der Waals surface area (Å²) in [5.41, 5.74) is 3.12. The van der Waals surface area contributed by atoms with Crippen molar-refractivity contribution in [2.24, 2.45) is 11.8 Å². The Morgan fingerprint density at radius 3 is 2.62 bits per heavy atom. The zero-order chi connectivity index (χ0) is 14.7. The fourth-order valence-corrected chi connectivity index (χ4v) is 4.43. The van der Waals surface area contributed by atoms with Crippen LogP contribution in [0.15, 0.2) is 24.3 Å². The van der Waals surface area contributed by atoms with Crippen LogP contribution < -0.4 is 5.32 Å². The van der Waals surface area contributed by atoms with Crippen LogP contribution in [0, 0.1) is 11.8 Å². The normalized spacial score (nSPS) is 28.1. The van der Waals surface area contributed by atoms with Crippen molar-refractivity contribution < 1.29 is 0 Å². The maximum absolute atomic E-state index is 3.63. The predicted molar refractivity (Wildman–Crippen MR) is 90.6 cm³/mol. The van der Waals surface area contributed by atoms with E-state index in [1.54, 1.807) is 5.56 Å². The van der Waals surface area contributed by atoms with Gasteiger partial charge in [-0.3, -0.25) is 0 Å². The molecule has 0 amide bonds. The number of benzene rings is 1.